The van der Waals surface area contributed by atoms with E-state index >= 15 is 0 Å². The van der Waals surface area contributed by atoms with Gasteiger partial charge in [-0.15, -0.1) is 0 Å². The molecule has 0 bridgehead atoms. The van der Waals surface area contributed by atoms with Gasteiger partial charge in [-0.05, 0) is 31.0 Å². The van der Waals surface area contributed by atoms with Gasteiger partial charge in [0.05, 0.1) is 20.6 Å². The van der Waals surface area contributed by atoms with E-state index in [9.17, 15) is 13.2 Å². The zero-order valence-electron chi connectivity index (χ0n) is 16.7. The number of halogens is 3. The van der Waals surface area contributed by atoms with Gasteiger partial charge in [0, 0.05) is 35.8 Å². The van der Waals surface area contributed by atoms with Crippen LogP contribution in [0.25, 0.3) is 0 Å². The van der Waals surface area contributed by atoms with Crippen LogP contribution in [-0.4, -0.2) is 33.0 Å². The monoisotopic (exact) mass is 408 g/mol. The number of hydrogen-bond donors (Lipinski definition) is 2. The number of nitrogens with one attached hydrogen (secondary N) is 2. The van der Waals surface area contributed by atoms with E-state index < -0.39 is 12.6 Å². The minimum atomic E-state index is -4.31. The Morgan fingerprint density at radius 2 is 1.72 bits per heavy atom. The molecule has 1 fully saturated rings. The van der Waals surface area contributed by atoms with Crippen molar-refractivity contribution in [2.75, 3.05) is 20.8 Å². The maximum atomic E-state index is 13.0. The molecule has 1 heterocycles. The Morgan fingerprint density at radius 1 is 1.03 bits per heavy atom. The fraction of sp³-hybridized carbons (Fsp3) is 0.455. The SMILES string of the molecule is COc1cc(OC)c(CC(F)(F)F)cc1CN[C@H]1CCCN[C@H]1c1ccccc1. The molecule has 1 aliphatic heterocycles. The van der Waals surface area contributed by atoms with E-state index in [1.165, 1.54) is 31.9 Å². The minimum absolute atomic E-state index is 0.110. The first-order chi connectivity index (χ1) is 13.9. The molecule has 2 atom stereocenters. The number of methoxy groups -OCH3 is 2. The molecule has 2 aromatic rings. The summed E-state index contributed by atoms with van der Waals surface area (Å²) in [5, 5.41) is 7.07. The Bertz CT molecular complexity index is 797. The molecule has 3 rings (SSSR count). The number of benzene rings is 2. The van der Waals surface area contributed by atoms with Gasteiger partial charge in [-0.2, -0.15) is 13.2 Å². The van der Waals surface area contributed by atoms with Crippen LogP contribution < -0.4 is 20.1 Å². The van der Waals surface area contributed by atoms with Gasteiger partial charge in [0.2, 0.25) is 0 Å². The van der Waals surface area contributed by atoms with Crippen molar-refractivity contribution in [3.63, 3.8) is 0 Å². The molecule has 158 valence electrons. The summed E-state index contributed by atoms with van der Waals surface area (Å²) in [5.74, 6) is 0.699. The second kappa shape index (κ2) is 9.50. The minimum Gasteiger partial charge on any atom is -0.496 e. The average molecular weight is 408 g/mol. The van der Waals surface area contributed by atoms with Crippen molar-refractivity contribution < 1.29 is 22.6 Å². The topological polar surface area (TPSA) is 42.5 Å². The largest absolute Gasteiger partial charge is 0.496 e. The van der Waals surface area contributed by atoms with Crippen LogP contribution in [-0.2, 0) is 13.0 Å². The third-order valence-corrected chi connectivity index (χ3v) is 5.25. The smallest absolute Gasteiger partial charge is 0.393 e. The van der Waals surface area contributed by atoms with Crippen molar-refractivity contribution in [1.82, 2.24) is 10.6 Å². The first-order valence-corrected chi connectivity index (χ1v) is 9.73. The number of hydrogen-bond acceptors (Lipinski definition) is 4. The molecule has 29 heavy (non-hydrogen) atoms. The van der Waals surface area contributed by atoms with Crippen LogP contribution in [0.5, 0.6) is 11.5 Å². The van der Waals surface area contributed by atoms with Crippen molar-refractivity contribution in [3.05, 3.63) is 59.2 Å². The van der Waals surface area contributed by atoms with Crippen molar-refractivity contribution in [2.24, 2.45) is 0 Å². The van der Waals surface area contributed by atoms with Crippen molar-refractivity contribution >= 4 is 0 Å². The van der Waals surface area contributed by atoms with Crippen LogP contribution in [0.2, 0.25) is 0 Å². The van der Waals surface area contributed by atoms with Gasteiger partial charge in [-0.3, -0.25) is 0 Å². The Labute approximate surface area is 169 Å². The van der Waals surface area contributed by atoms with Gasteiger partial charge < -0.3 is 20.1 Å². The Morgan fingerprint density at radius 3 is 2.38 bits per heavy atom. The molecule has 7 heteroatoms. The van der Waals surface area contributed by atoms with Crippen LogP contribution in [0.15, 0.2) is 42.5 Å². The highest BCUT2D eigenvalue weighted by Gasteiger charge is 2.30. The molecule has 1 saturated heterocycles. The highest BCUT2D eigenvalue weighted by molar-refractivity contribution is 5.47. The zero-order chi connectivity index (χ0) is 20.9. The number of alkyl halides is 3. The molecule has 0 amide bonds. The molecule has 0 aliphatic carbocycles. The van der Waals surface area contributed by atoms with Crippen LogP contribution in [0, 0.1) is 0 Å². The molecule has 0 aromatic heterocycles. The van der Waals surface area contributed by atoms with Crippen molar-refractivity contribution in [3.8, 4) is 11.5 Å². The summed E-state index contributed by atoms with van der Waals surface area (Å²) in [4.78, 5) is 0. The highest BCUT2D eigenvalue weighted by Crippen LogP contribution is 2.34. The predicted molar refractivity (Wildman–Crippen MR) is 106 cm³/mol. The number of piperidine rings is 1. The van der Waals surface area contributed by atoms with E-state index in [0.29, 0.717) is 17.9 Å². The second-order valence-corrected chi connectivity index (χ2v) is 7.24. The molecule has 0 radical (unpaired) electrons. The van der Waals surface area contributed by atoms with Gasteiger partial charge in [0.1, 0.15) is 11.5 Å². The Balaban J connectivity index is 1.80. The van der Waals surface area contributed by atoms with Crippen LogP contribution >= 0.6 is 0 Å². The Hall–Kier alpha value is -2.25. The quantitative estimate of drug-likeness (QED) is 0.713. The zero-order valence-corrected chi connectivity index (χ0v) is 16.7. The summed E-state index contributed by atoms with van der Waals surface area (Å²) in [7, 11) is 2.88. The summed E-state index contributed by atoms with van der Waals surface area (Å²) in [6.45, 7) is 1.35. The van der Waals surface area contributed by atoms with E-state index in [2.05, 4.69) is 22.8 Å². The maximum Gasteiger partial charge on any atom is 0.393 e. The van der Waals surface area contributed by atoms with Crippen molar-refractivity contribution in [1.29, 1.82) is 0 Å². The van der Waals surface area contributed by atoms with E-state index in [1.807, 2.05) is 18.2 Å². The molecule has 0 spiro atoms. The van der Waals surface area contributed by atoms with Crippen LogP contribution in [0.1, 0.15) is 35.6 Å². The third kappa shape index (κ3) is 5.64. The molecule has 4 nitrogen and oxygen atoms in total. The fourth-order valence-corrected chi connectivity index (χ4v) is 3.89. The Kier molecular flexibility index (Phi) is 7.03. The lowest BCUT2D eigenvalue weighted by Crippen LogP contribution is -2.45. The first-order valence-electron chi connectivity index (χ1n) is 9.73. The third-order valence-electron chi connectivity index (χ3n) is 5.25. The summed E-state index contributed by atoms with van der Waals surface area (Å²) in [6.07, 6.45) is -3.32. The molecule has 0 saturated carbocycles. The predicted octanol–water partition coefficient (Wildman–Crippen LogP) is 4.39. The van der Waals surface area contributed by atoms with E-state index in [1.54, 1.807) is 0 Å². The molecule has 2 N–H and O–H groups in total. The standard InChI is InChI=1S/C22H27F3N2O2/c1-28-19-12-20(29-2)17(11-16(19)13-22(23,24)25)14-27-18-9-6-10-26-21(18)15-7-4-3-5-8-15/h3-5,7-8,11-12,18,21,26-27H,6,9-10,13-14H2,1-2H3/t18-,21-/m0/s1. The van der Waals surface area contributed by atoms with Crippen LogP contribution in [0.4, 0.5) is 13.2 Å². The summed E-state index contributed by atoms with van der Waals surface area (Å²) < 4.78 is 49.5. The lowest BCUT2D eigenvalue weighted by Gasteiger charge is -2.34. The average Bonchev–Trinajstić information content (AvgIpc) is 2.72. The molecule has 2 aromatic carbocycles. The first kappa shape index (κ1) is 21.5. The fourth-order valence-electron chi connectivity index (χ4n) is 3.89. The van der Waals surface area contributed by atoms with Gasteiger partial charge in [0.15, 0.2) is 0 Å². The lowest BCUT2D eigenvalue weighted by atomic mass is 9.92. The number of rotatable bonds is 7. The summed E-state index contributed by atoms with van der Waals surface area (Å²) in [6, 6.07) is 13.6. The highest BCUT2D eigenvalue weighted by atomic mass is 19.4. The molecule has 0 unspecified atom stereocenters. The second-order valence-electron chi connectivity index (χ2n) is 7.24. The normalized spacial score (nSPS) is 19.8. The summed E-state index contributed by atoms with van der Waals surface area (Å²) in [5.41, 5.74) is 1.99. The molecule has 1 aliphatic rings. The van der Waals surface area contributed by atoms with Gasteiger partial charge in [-0.1, -0.05) is 30.3 Å². The van der Waals surface area contributed by atoms with Gasteiger partial charge in [0.25, 0.3) is 0 Å². The lowest BCUT2D eigenvalue weighted by molar-refractivity contribution is -0.127. The van der Waals surface area contributed by atoms with E-state index in [-0.39, 0.29) is 23.4 Å². The van der Waals surface area contributed by atoms with Gasteiger partial charge >= 0.3 is 6.18 Å². The van der Waals surface area contributed by atoms with Crippen molar-refractivity contribution in [2.45, 2.75) is 44.1 Å². The van der Waals surface area contributed by atoms with Crippen LogP contribution in [0.3, 0.4) is 0 Å². The number of ether oxygens (including phenoxy) is 2. The molecular formula is C22H27F3N2O2. The maximum absolute atomic E-state index is 13.0. The summed E-state index contributed by atoms with van der Waals surface area (Å²) >= 11 is 0. The molecular weight excluding hydrogens is 381 g/mol. The van der Waals surface area contributed by atoms with Gasteiger partial charge in [-0.25, -0.2) is 0 Å². The van der Waals surface area contributed by atoms with E-state index in [4.69, 9.17) is 9.47 Å². The van der Waals surface area contributed by atoms with E-state index in [0.717, 1.165) is 19.4 Å².